The van der Waals surface area contributed by atoms with Gasteiger partial charge in [-0.2, -0.15) is 0 Å². The molecule has 4 aromatic rings. The molecule has 6 atom stereocenters. The Hall–Kier alpha value is -4.21. The van der Waals surface area contributed by atoms with Gasteiger partial charge in [0.1, 0.15) is 46.6 Å². The van der Waals surface area contributed by atoms with Gasteiger partial charge in [-0.15, -0.1) is 0 Å². The lowest BCUT2D eigenvalue weighted by Gasteiger charge is -2.38. The van der Waals surface area contributed by atoms with E-state index in [0.717, 1.165) is 24.3 Å². The third-order valence-corrected chi connectivity index (χ3v) is 16.2. The van der Waals surface area contributed by atoms with Crippen molar-refractivity contribution >= 4 is 46.4 Å². The molecular weight excluding hydrogens is 1040 g/mol. The summed E-state index contributed by atoms with van der Waals surface area (Å²) in [6.45, 7) is 10.2. The van der Waals surface area contributed by atoms with Crippen LogP contribution in [0.2, 0.25) is 0 Å². The molecule has 0 aliphatic carbocycles. The zero-order valence-corrected chi connectivity index (χ0v) is 44.9. The molecule has 1 aliphatic rings. The topological polar surface area (TPSA) is 301 Å². The molecule has 1 heterocycles. The normalized spacial score (nSPS) is 18.4. The molecule has 0 saturated carbocycles. The van der Waals surface area contributed by atoms with Gasteiger partial charge in [0.15, 0.2) is 0 Å². The van der Waals surface area contributed by atoms with E-state index in [2.05, 4.69) is 0 Å². The van der Waals surface area contributed by atoms with E-state index in [9.17, 15) is 56.7 Å². The lowest BCUT2D eigenvalue weighted by atomic mass is 9.71. The van der Waals surface area contributed by atoms with Crippen LogP contribution < -0.4 is 0 Å². The smallest absolute Gasteiger partial charge is 0.306 e. The summed E-state index contributed by atoms with van der Waals surface area (Å²) in [5.41, 5.74) is 2.07. The van der Waals surface area contributed by atoms with Gasteiger partial charge in [-0.05, 0) is 120 Å². The van der Waals surface area contributed by atoms with Crippen LogP contribution in [0.5, 0.6) is 0 Å². The summed E-state index contributed by atoms with van der Waals surface area (Å²) in [6, 6.07) is 21.2. The van der Waals surface area contributed by atoms with E-state index in [0.29, 0.717) is 55.1 Å². The minimum atomic E-state index is -4.95. The summed E-state index contributed by atoms with van der Waals surface area (Å²) >= 11 is 0. The molecule has 0 bridgehead atoms. The van der Waals surface area contributed by atoms with Gasteiger partial charge in [0.25, 0.3) is 0 Å². The maximum atomic E-state index is 14.6. The summed E-state index contributed by atoms with van der Waals surface area (Å²) < 4.78 is 181. The number of benzene rings is 4. The zero-order valence-electron chi connectivity index (χ0n) is 41.6. The maximum Gasteiger partial charge on any atom is 0.306 e. The van der Waals surface area contributed by atoms with Crippen LogP contribution in [0.3, 0.4) is 0 Å². The van der Waals surface area contributed by atoms with E-state index in [1.165, 1.54) is 72.8 Å². The minimum absolute atomic E-state index is 0.0510. The average Bonchev–Trinajstić information content (AvgIpc) is 3.34. The highest BCUT2D eigenvalue weighted by Crippen LogP contribution is 2.46. The van der Waals surface area contributed by atoms with E-state index in [4.69, 9.17) is 28.4 Å². The highest BCUT2D eigenvalue weighted by Gasteiger charge is 2.38. The van der Waals surface area contributed by atoms with Crippen LogP contribution in [0.25, 0.3) is 0 Å². The number of carbonyl (C=O) groups is 1. The minimum Gasteiger partial charge on any atom is -0.744 e. The standard InChI is InChI=1S/C51H68O19S4/c1-35(2)31-48(39-9-18-45(19-10-39)73(59,60)61)51(70-50(52)22-13-42-34-68-28-27-66-24-23-65-25-26-67-29-30-69-42)49(40-11-20-46(21-12-40)74(62,63)64)33-41(37-5-14-43(15-6-37)71(53,54)55)32-47(36(3)4)38-7-16-44(17-8-38)72(56,57)58/h5-12,14-21,35-36,41-42,47-49,51H,13,22-34H2,1-4H3,(H,53,54,55)(H,56,57,58)(H,59,60,61)(H,62,63,64)/p-4. The number of carbonyl (C=O) groups excluding carboxylic acids is 1. The molecule has 0 N–H and O–H groups in total. The summed E-state index contributed by atoms with van der Waals surface area (Å²) in [6.07, 6.45) is -1.23. The molecule has 0 amide bonds. The fourth-order valence-electron chi connectivity index (χ4n) is 9.05. The third-order valence-electron chi connectivity index (χ3n) is 12.8. The Kier molecular flexibility index (Phi) is 22.7. The number of ether oxygens (including phenoxy) is 6. The first-order valence-electron chi connectivity index (χ1n) is 24.2. The lowest BCUT2D eigenvalue weighted by molar-refractivity contribution is -0.153. The fraction of sp³-hybridized carbons (Fsp3) is 0.510. The predicted molar refractivity (Wildman–Crippen MR) is 264 cm³/mol. The quantitative estimate of drug-likeness (QED) is 0.0645. The van der Waals surface area contributed by atoms with E-state index in [1.54, 1.807) is 0 Å². The van der Waals surface area contributed by atoms with Crippen LogP contribution in [0.15, 0.2) is 117 Å². The third kappa shape index (κ3) is 19.1. The average molecular weight is 1110 g/mol. The van der Waals surface area contributed by atoms with Crippen molar-refractivity contribution in [2.45, 2.75) is 115 Å². The highest BCUT2D eigenvalue weighted by atomic mass is 32.2. The summed E-state index contributed by atoms with van der Waals surface area (Å²) in [5.74, 6) is -3.64. The summed E-state index contributed by atoms with van der Waals surface area (Å²) in [4.78, 5) is 12.6. The van der Waals surface area contributed by atoms with Crippen molar-refractivity contribution in [1.82, 2.24) is 0 Å². The molecule has 23 heteroatoms. The number of esters is 1. The predicted octanol–water partition coefficient (Wildman–Crippen LogP) is 6.38. The molecule has 410 valence electrons. The number of rotatable bonds is 21. The molecule has 1 saturated heterocycles. The Bertz CT molecular complexity index is 2820. The van der Waals surface area contributed by atoms with Crippen molar-refractivity contribution in [2.24, 2.45) is 11.8 Å². The SMILES string of the molecule is CC(C)CC(c1ccc(S(=O)(=O)[O-])cc1)C(OC(=O)CCC1COCCOCCOCCOCCO1)C(CC(CC(c1ccc(S(=O)(=O)[O-])cc1)C(C)C)c1ccc(S(=O)(=O)[O-])cc1)c1ccc(S(=O)(=O)[O-])cc1. The van der Waals surface area contributed by atoms with Crippen molar-refractivity contribution < 1.29 is 85.1 Å². The molecule has 0 spiro atoms. The van der Waals surface area contributed by atoms with E-state index in [-0.39, 0.29) is 76.5 Å². The molecule has 6 unspecified atom stereocenters. The Balaban J connectivity index is 1.67. The Labute approximate surface area is 435 Å². The van der Waals surface area contributed by atoms with Crippen molar-refractivity contribution in [3.05, 3.63) is 119 Å². The van der Waals surface area contributed by atoms with Crippen LogP contribution >= 0.6 is 0 Å². The van der Waals surface area contributed by atoms with Crippen molar-refractivity contribution in [3.63, 3.8) is 0 Å². The highest BCUT2D eigenvalue weighted by molar-refractivity contribution is 7.86. The molecule has 1 fully saturated rings. The molecule has 0 aromatic heterocycles. The molecular formula is C51H64O19S4-4. The van der Waals surface area contributed by atoms with Gasteiger partial charge in [-0.1, -0.05) is 76.2 Å². The van der Waals surface area contributed by atoms with E-state index in [1.807, 2.05) is 27.7 Å². The van der Waals surface area contributed by atoms with Crippen LogP contribution in [-0.4, -0.2) is 130 Å². The van der Waals surface area contributed by atoms with Gasteiger partial charge < -0.3 is 46.6 Å². The monoisotopic (exact) mass is 1110 g/mol. The largest absolute Gasteiger partial charge is 0.744 e. The molecule has 5 rings (SSSR count). The van der Waals surface area contributed by atoms with Crippen molar-refractivity contribution in [1.29, 1.82) is 0 Å². The lowest BCUT2D eigenvalue weighted by Crippen LogP contribution is -2.34. The molecule has 74 heavy (non-hydrogen) atoms. The van der Waals surface area contributed by atoms with Crippen molar-refractivity contribution in [3.8, 4) is 0 Å². The van der Waals surface area contributed by atoms with Crippen LogP contribution in [0.4, 0.5) is 0 Å². The van der Waals surface area contributed by atoms with Gasteiger partial charge in [-0.25, -0.2) is 33.7 Å². The van der Waals surface area contributed by atoms with Crippen LogP contribution in [-0.2, 0) is 73.7 Å². The molecule has 1 aliphatic heterocycles. The first-order chi connectivity index (χ1) is 34.8. The summed E-state index contributed by atoms with van der Waals surface area (Å²) in [7, 11) is -19.5. The van der Waals surface area contributed by atoms with Crippen LogP contribution in [0, 0.1) is 11.8 Å². The maximum absolute atomic E-state index is 14.6. The van der Waals surface area contributed by atoms with Gasteiger partial charge in [0.2, 0.25) is 0 Å². The van der Waals surface area contributed by atoms with Gasteiger partial charge in [0, 0.05) is 18.3 Å². The Morgan fingerprint density at radius 1 is 0.486 bits per heavy atom. The molecule has 4 aromatic carbocycles. The zero-order chi connectivity index (χ0) is 54.3. The number of hydrogen-bond acceptors (Lipinski definition) is 19. The fourth-order valence-corrected chi connectivity index (χ4v) is 10.9. The second-order valence-corrected chi connectivity index (χ2v) is 24.4. The molecule has 0 radical (unpaired) electrons. The van der Waals surface area contributed by atoms with E-state index < -0.39 is 96.0 Å². The van der Waals surface area contributed by atoms with Crippen LogP contribution in [0.1, 0.15) is 106 Å². The van der Waals surface area contributed by atoms with Gasteiger partial charge >= 0.3 is 5.97 Å². The Morgan fingerprint density at radius 2 is 0.824 bits per heavy atom. The first-order valence-corrected chi connectivity index (χ1v) is 29.8. The molecule has 19 nitrogen and oxygen atoms in total. The first kappa shape index (κ1) is 60.7. The second kappa shape index (κ2) is 27.7. The second-order valence-electron chi connectivity index (χ2n) is 18.9. The summed E-state index contributed by atoms with van der Waals surface area (Å²) in [5, 5.41) is 0. The Morgan fingerprint density at radius 3 is 1.20 bits per heavy atom. The van der Waals surface area contributed by atoms with E-state index >= 15 is 0 Å². The van der Waals surface area contributed by atoms with Gasteiger partial charge in [-0.3, -0.25) is 4.79 Å². The van der Waals surface area contributed by atoms with Gasteiger partial charge in [0.05, 0.1) is 85.1 Å². The van der Waals surface area contributed by atoms with Crippen molar-refractivity contribution in [2.75, 3.05) is 59.5 Å². The number of hydrogen-bond donors (Lipinski definition) is 0.